The number of aromatic nitrogens is 2. The van der Waals surface area contributed by atoms with Gasteiger partial charge in [-0.25, -0.2) is 9.98 Å². The summed E-state index contributed by atoms with van der Waals surface area (Å²) in [5.74, 6) is 2.59. The zero-order valence-corrected chi connectivity index (χ0v) is 17.9. The summed E-state index contributed by atoms with van der Waals surface area (Å²) in [6.07, 6.45) is 7.54. The topological polar surface area (TPSA) is 83.9 Å². The molecule has 2 atom stereocenters. The van der Waals surface area contributed by atoms with Gasteiger partial charge in [-0.1, -0.05) is 6.07 Å². The number of nitrogens with zero attached hydrogens (tertiary/aromatic N) is 3. The monoisotopic (exact) mass is 420 g/mol. The number of rotatable bonds is 1. The van der Waals surface area contributed by atoms with Gasteiger partial charge in [-0.15, -0.1) is 0 Å². The summed E-state index contributed by atoms with van der Waals surface area (Å²) in [5, 5.41) is 0. The minimum Gasteiger partial charge on any atom is -0.486 e. The van der Waals surface area contributed by atoms with Crippen molar-refractivity contribution in [3.8, 4) is 5.75 Å². The van der Waals surface area contributed by atoms with E-state index in [0.717, 1.165) is 49.2 Å². The summed E-state index contributed by atoms with van der Waals surface area (Å²) in [4.78, 5) is 9.66. The molecule has 7 rings (SSSR count). The highest BCUT2D eigenvalue weighted by molar-refractivity contribution is 5.75. The van der Waals surface area contributed by atoms with Crippen molar-refractivity contribution in [2.24, 2.45) is 16.1 Å². The van der Waals surface area contributed by atoms with Gasteiger partial charge in [0.05, 0.1) is 24.3 Å². The van der Waals surface area contributed by atoms with Crippen molar-refractivity contribution >= 4 is 6.02 Å². The molecule has 2 unspecified atom stereocenters. The lowest BCUT2D eigenvalue weighted by Crippen LogP contribution is -2.75. The third-order valence-corrected chi connectivity index (χ3v) is 8.59. The Morgan fingerprint density at radius 3 is 2.74 bits per heavy atom. The van der Waals surface area contributed by atoms with Crippen molar-refractivity contribution in [3.63, 3.8) is 0 Å². The van der Waals surface area contributed by atoms with Gasteiger partial charge in [-0.3, -0.25) is 0 Å². The summed E-state index contributed by atoms with van der Waals surface area (Å²) >= 11 is 0. The van der Waals surface area contributed by atoms with Crippen LogP contribution in [0, 0.1) is 12.3 Å². The van der Waals surface area contributed by atoms with E-state index in [1.165, 1.54) is 17.8 Å². The Balaban J connectivity index is 1.35. The van der Waals surface area contributed by atoms with Crippen LogP contribution >= 0.6 is 0 Å². The molecule has 1 saturated carbocycles. The molecule has 1 aromatic carbocycles. The molecule has 0 radical (unpaired) electrons. The van der Waals surface area contributed by atoms with Gasteiger partial charge in [0.2, 0.25) is 0 Å². The zero-order chi connectivity index (χ0) is 20.8. The maximum Gasteiger partial charge on any atom is 0.283 e. The molecule has 7 nitrogen and oxygen atoms in total. The average Bonchev–Trinajstić information content (AvgIpc) is 3.26. The number of fused-ring (bicyclic) bond motifs is 5. The van der Waals surface area contributed by atoms with Crippen LogP contribution in [0.3, 0.4) is 0 Å². The van der Waals surface area contributed by atoms with Crippen LogP contribution in [0.4, 0.5) is 0 Å². The molecule has 0 bridgehead atoms. The van der Waals surface area contributed by atoms with Crippen molar-refractivity contribution < 1.29 is 14.2 Å². The maximum absolute atomic E-state index is 6.78. The molecule has 1 saturated heterocycles. The summed E-state index contributed by atoms with van der Waals surface area (Å²) < 4.78 is 20.7. The lowest BCUT2D eigenvalue weighted by molar-refractivity contribution is -0.281. The fourth-order valence-electron chi connectivity index (χ4n) is 6.72. The standard InChI is InChI=1S/C24H28N4O3/c1-15-10-28-11-17(4-6-20(28)26-15)16-3-5-19-18(9-16)24(14-30-21(25)27-24)22(12-29-13-22)23(31-19)7-2-8-23/h3,5,9-10,17H,2,4,6-8,11-14H2,1H3,(H2,25,27). The summed E-state index contributed by atoms with van der Waals surface area (Å²) in [6.45, 7) is 4.80. The summed E-state index contributed by atoms with van der Waals surface area (Å²) in [5.41, 5.74) is 8.73. The Labute approximate surface area is 181 Å². The predicted molar refractivity (Wildman–Crippen MR) is 114 cm³/mol. The van der Waals surface area contributed by atoms with Gasteiger partial charge >= 0.3 is 0 Å². The Morgan fingerprint density at radius 1 is 1.19 bits per heavy atom. The molecule has 7 heteroatoms. The summed E-state index contributed by atoms with van der Waals surface area (Å²) in [6, 6.07) is 7.02. The molecule has 4 aliphatic heterocycles. The van der Waals surface area contributed by atoms with Crippen molar-refractivity contribution in [3.05, 3.63) is 47.0 Å². The van der Waals surface area contributed by atoms with E-state index >= 15 is 0 Å². The second-order valence-electron chi connectivity index (χ2n) is 10.1. The van der Waals surface area contributed by atoms with Crippen molar-refractivity contribution in [1.29, 1.82) is 0 Å². The minimum atomic E-state index is -0.523. The largest absolute Gasteiger partial charge is 0.486 e. The van der Waals surface area contributed by atoms with Crippen LogP contribution in [0.15, 0.2) is 29.4 Å². The van der Waals surface area contributed by atoms with Crippen molar-refractivity contribution in [2.45, 2.75) is 62.6 Å². The van der Waals surface area contributed by atoms with E-state index in [4.69, 9.17) is 24.9 Å². The summed E-state index contributed by atoms with van der Waals surface area (Å²) in [7, 11) is 0. The molecule has 31 heavy (non-hydrogen) atoms. The second kappa shape index (κ2) is 5.82. The molecule has 1 aromatic heterocycles. The first-order valence-electron chi connectivity index (χ1n) is 11.5. The van der Waals surface area contributed by atoms with E-state index in [1.807, 2.05) is 0 Å². The number of nitrogens with two attached hydrogens (primary N) is 1. The van der Waals surface area contributed by atoms with Gasteiger partial charge in [0, 0.05) is 30.6 Å². The fourth-order valence-corrected chi connectivity index (χ4v) is 6.72. The van der Waals surface area contributed by atoms with Crippen molar-refractivity contribution in [1.82, 2.24) is 9.55 Å². The predicted octanol–water partition coefficient (Wildman–Crippen LogP) is 2.79. The normalized spacial score (nSPS) is 31.3. The average molecular weight is 421 g/mol. The van der Waals surface area contributed by atoms with Gasteiger partial charge in [0.15, 0.2) is 0 Å². The van der Waals surface area contributed by atoms with Crippen LogP contribution in [-0.2, 0) is 28.0 Å². The second-order valence-corrected chi connectivity index (χ2v) is 10.1. The van der Waals surface area contributed by atoms with Gasteiger partial charge < -0.3 is 24.5 Å². The third kappa shape index (κ3) is 2.13. The lowest BCUT2D eigenvalue weighted by Gasteiger charge is -2.66. The quantitative estimate of drug-likeness (QED) is 0.767. The number of aryl methyl sites for hydroxylation is 2. The van der Waals surface area contributed by atoms with Crippen LogP contribution < -0.4 is 10.5 Å². The van der Waals surface area contributed by atoms with Crippen LogP contribution in [-0.4, -0.2) is 41.0 Å². The number of hydrogen-bond donors (Lipinski definition) is 1. The van der Waals surface area contributed by atoms with Crippen LogP contribution in [0.1, 0.15) is 54.2 Å². The SMILES string of the molecule is Cc1cn2c(n1)CCC(c1ccc3c(c1)C1(COC(N)=N1)C1(COC1)C1(CCC1)O3)C2. The molecule has 2 aromatic rings. The van der Waals surface area contributed by atoms with E-state index in [1.54, 1.807) is 0 Å². The molecule has 5 aliphatic rings. The first-order chi connectivity index (χ1) is 15.0. The third-order valence-electron chi connectivity index (χ3n) is 8.59. The first-order valence-corrected chi connectivity index (χ1v) is 11.5. The number of ether oxygens (including phenoxy) is 3. The first kappa shape index (κ1) is 18.1. The Kier molecular flexibility index (Phi) is 3.39. The Hall–Kier alpha value is -2.54. The Morgan fingerprint density at radius 2 is 2.06 bits per heavy atom. The van der Waals surface area contributed by atoms with E-state index in [-0.39, 0.29) is 17.0 Å². The van der Waals surface area contributed by atoms with Gasteiger partial charge in [-0.2, -0.15) is 0 Å². The van der Waals surface area contributed by atoms with Crippen molar-refractivity contribution in [2.75, 3.05) is 19.8 Å². The molecule has 1 aliphatic carbocycles. The van der Waals surface area contributed by atoms with Gasteiger partial charge in [0.25, 0.3) is 6.02 Å². The maximum atomic E-state index is 6.78. The Bertz CT molecular complexity index is 1110. The number of imidazole rings is 1. The van der Waals surface area contributed by atoms with Crippen LogP contribution in [0.2, 0.25) is 0 Å². The molecule has 5 heterocycles. The number of amidine groups is 1. The highest BCUT2D eigenvalue weighted by Gasteiger charge is 2.75. The zero-order valence-electron chi connectivity index (χ0n) is 17.9. The number of aliphatic imine (C=N–C) groups is 1. The van der Waals surface area contributed by atoms with E-state index in [2.05, 4.69) is 40.9 Å². The van der Waals surface area contributed by atoms with E-state index in [0.29, 0.717) is 25.7 Å². The molecule has 3 spiro atoms. The number of benzene rings is 1. The smallest absolute Gasteiger partial charge is 0.283 e. The highest BCUT2D eigenvalue weighted by Crippen LogP contribution is 2.67. The van der Waals surface area contributed by atoms with Gasteiger partial charge in [-0.05, 0) is 50.3 Å². The lowest BCUT2D eigenvalue weighted by atomic mass is 9.49. The number of hydrogen-bond acceptors (Lipinski definition) is 6. The highest BCUT2D eigenvalue weighted by atomic mass is 16.5. The van der Waals surface area contributed by atoms with E-state index in [9.17, 15) is 0 Å². The van der Waals surface area contributed by atoms with Crippen LogP contribution in [0.5, 0.6) is 5.75 Å². The molecule has 2 N–H and O–H groups in total. The fraction of sp³-hybridized carbons (Fsp3) is 0.583. The molecular weight excluding hydrogens is 392 g/mol. The molecule has 0 amide bonds. The van der Waals surface area contributed by atoms with Crippen LogP contribution in [0.25, 0.3) is 0 Å². The molecular formula is C24H28N4O3. The van der Waals surface area contributed by atoms with E-state index < -0.39 is 5.54 Å². The molecule has 2 fully saturated rings. The van der Waals surface area contributed by atoms with Gasteiger partial charge in [0.1, 0.15) is 29.3 Å². The minimum absolute atomic E-state index is 0.202. The molecule has 162 valence electrons.